The topological polar surface area (TPSA) is 115 Å². The number of carbonyl (C=O) groups excluding carboxylic acids is 2. The Balaban J connectivity index is 1.64. The van der Waals surface area contributed by atoms with Gasteiger partial charge in [-0.2, -0.15) is 0 Å². The third-order valence-electron chi connectivity index (χ3n) is 4.48. The number of hydrogen-bond donors (Lipinski definition) is 1. The number of fused-ring (bicyclic) bond motifs is 1. The van der Waals surface area contributed by atoms with Crippen molar-refractivity contribution in [2.24, 2.45) is 0 Å². The maximum absolute atomic E-state index is 12.5. The highest BCUT2D eigenvalue weighted by Gasteiger charge is 2.21. The second-order valence-electron chi connectivity index (χ2n) is 6.90. The Labute approximate surface area is 172 Å². The van der Waals surface area contributed by atoms with Crippen LogP contribution in [0.2, 0.25) is 0 Å². The number of benzene rings is 2. The Kier molecular flexibility index (Phi) is 6.01. The Hall–Kier alpha value is -3.88. The molecule has 9 heteroatoms. The van der Waals surface area contributed by atoms with Gasteiger partial charge in [0.2, 0.25) is 0 Å². The lowest BCUT2D eigenvalue weighted by Crippen LogP contribution is -2.31. The van der Waals surface area contributed by atoms with Gasteiger partial charge in [0.25, 0.3) is 11.6 Å². The van der Waals surface area contributed by atoms with Crippen molar-refractivity contribution in [2.75, 3.05) is 25.6 Å². The number of nitrogens with one attached hydrogen (secondary N) is 1. The minimum absolute atomic E-state index is 0.00679. The van der Waals surface area contributed by atoms with Crippen LogP contribution in [-0.2, 0) is 9.53 Å². The van der Waals surface area contributed by atoms with Crippen molar-refractivity contribution < 1.29 is 23.7 Å². The van der Waals surface area contributed by atoms with E-state index in [2.05, 4.69) is 5.32 Å². The van der Waals surface area contributed by atoms with Crippen LogP contribution in [0.3, 0.4) is 0 Å². The molecule has 0 spiro atoms. The van der Waals surface area contributed by atoms with Gasteiger partial charge in [-0.3, -0.25) is 14.9 Å². The molecule has 1 amide bonds. The van der Waals surface area contributed by atoms with Gasteiger partial charge >= 0.3 is 5.97 Å². The van der Waals surface area contributed by atoms with Gasteiger partial charge in [-0.05, 0) is 25.1 Å². The molecule has 2 aromatic carbocycles. The molecular weight excluding hydrogens is 390 g/mol. The molecule has 3 rings (SSSR count). The highest BCUT2D eigenvalue weighted by atomic mass is 16.6. The Morgan fingerprint density at radius 2 is 1.93 bits per heavy atom. The molecule has 1 N–H and O–H groups in total. The summed E-state index contributed by atoms with van der Waals surface area (Å²) in [6.07, 6.45) is 0. The fraction of sp³-hybridized carbons (Fsp3) is 0.238. The highest BCUT2D eigenvalue weighted by molar-refractivity contribution is 5.97. The molecule has 9 nitrogen and oxygen atoms in total. The summed E-state index contributed by atoms with van der Waals surface area (Å²) in [6, 6.07) is 12.8. The van der Waals surface area contributed by atoms with E-state index in [9.17, 15) is 19.7 Å². The van der Waals surface area contributed by atoms with E-state index in [1.165, 1.54) is 12.1 Å². The van der Waals surface area contributed by atoms with Gasteiger partial charge in [0.15, 0.2) is 6.61 Å². The number of furan rings is 1. The number of hydrogen-bond acceptors (Lipinski definition) is 7. The summed E-state index contributed by atoms with van der Waals surface area (Å²) in [5, 5.41) is 14.6. The first-order valence-corrected chi connectivity index (χ1v) is 9.17. The van der Waals surface area contributed by atoms with Gasteiger partial charge in [-0.25, -0.2) is 4.79 Å². The number of carbonyl (C=O) groups is 2. The molecule has 0 aliphatic carbocycles. The zero-order chi connectivity index (χ0) is 21.8. The van der Waals surface area contributed by atoms with Crippen molar-refractivity contribution in [3.63, 3.8) is 0 Å². The summed E-state index contributed by atoms with van der Waals surface area (Å²) in [6.45, 7) is 1.22. The monoisotopic (exact) mass is 411 g/mol. The summed E-state index contributed by atoms with van der Waals surface area (Å²) in [5.74, 6) is -0.772. The summed E-state index contributed by atoms with van der Waals surface area (Å²) in [5.41, 5.74) is 0.923. The van der Waals surface area contributed by atoms with E-state index in [0.29, 0.717) is 17.0 Å². The number of amides is 1. The fourth-order valence-electron chi connectivity index (χ4n) is 2.97. The summed E-state index contributed by atoms with van der Waals surface area (Å²) >= 11 is 0. The number of rotatable bonds is 7. The summed E-state index contributed by atoms with van der Waals surface area (Å²) in [4.78, 5) is 36.7. The number of para-hydroxylation sites is 1. The third kappa shape index (κ3) is 4.57. The molecule has 0 fully saturated rings. The van der Waals surface area contributed by atoms with Crippen LogP contribution in [0, 0.1) is 10.1 Å². The average Bonchev–Trinajstić information content (AvgIpc) is 3.16. The van der Waals surface area contributed by atoms with E-state index in [4.69, 9.17) is 9.15 Å². The first-order chi connectivity index (χ1) is 14.3. The minimum atomic E-state index is -0.825. The number of nitro groups is 1. The summed E-state index contributed by atoms with van der Waals surface area (Å²) in [7, 11) is 3.39. The van der Waals surface area contributed by atoms with Gasteiger partial charge in [0.1, 0.15) is 11.3 Å². The molecule has 0 saturated carbocycles. The SMILES string of the molecule is C[C@H](NC(=O)COC(=O)c1cc([N+](=O)[O-])ccc1N(C)C)c1cc2ccccc2o1. The molecule has 156 valence electrons. The van der Waals surface area contributed by atoms with Crippen LogP contribution in [0.1, 0.15) is 29.1 Å². The van der Waals surface area contributed by atoms with E-state index in [0.717, 1.165) is 11.5 Å². The quantitative estimate of drug-likeness (QED) is 0.360. The fourth-order valence-corrected chi connectivity index (χ4v) is 2.97. The van der Waals surface area contributed by atoms with Crippen molar-refractivity contribution in [1.29, 1.82) is 0 Å². The van der Waals surface area contributed by atoms with Gasteiger partial charge in [-0.1, -0.05) is 18.2 Å². The van der Waals surface area contributed by atoms with Gasteiger partial charge in [0, 0.05) is 31.6 Å². The second-order valence-corrected chi connectivity index (χ2v) is 6.90. The molecule has 0 aliphatic rings. The van der Waals surface area contributed by atoms with Gasteiger partial charge in [0.05, 0.1) is 22.2 Å². The van der Waals surface area contributed by atoms with E-state index in [1.807, 2.05) is 30.3 Å². The molecule has 0 radical (unpaired) electrons. The number of nitrogens with zero attached hydrogens (tertiary/aromatic N) is 2. The zero-order valence-corrected chi connectivity index (χ0v) is 16.7. The largest absolute Gasteiger partial charge is 0.459 e. The maximum atomic E-state index is 12.5. The minimum Gasteiger partial charge on any atom is -0.459 e. The predicted molar refractivity (Wildman–Crippen MR) is 110 cm³/mol. The van der Waals surface area contributed by atoms with Crippen molar-refractivity contribution in [3.8, 4) is 0 Å². The molecular formula is C21H21N3O6. The van der Waals surface area contributed by atoms with Crippen molar-refractivity contribution in [1.82, 2.24) is 5.32 Å². The van der Waals surface area contributed by atoms with Crippen LogP contribution in [-0.4, -0.2) is 37.5 Å². The number of esters is 1. The first kappa shape index (κ1) is 20.8. The molecule has 0 bridgehead atoms. The molecule has 1 heterocycles. The standard InChI is InChI=1S/C21H21N3O6/c1-13(19-10-14-6-4-5-7-18(14)30-19)22-20(25)12-29-21(26)16-11-15(24(27)28)8-9-17(16)23(2)3/h4-11,13H,12H2,1-3H3,(H,22,25)/t13-/m0/s1. The Morgan fingerprint density at radius 1 is 1.20 bits per heavy atom. The molecule has 30 heavy (non-hydrogen) atoms. The van der Waals surface area contributed by atoms with E-state index < -0.39 is 29.4 Å². The van der Waals surface area contributed by atoms with Crippen LogP contribution >= 0.6 is 0 Å². The van der Waals surface area contributed by atoms with Crippen molar-refractivity contribution in [3.05, 3.63) is 70.0 Å². The Bertz CT molecular complexity index is 1070. The maximum Gasteiger partial charge on any atom is 0.341 e. The number of nitro benzene ring substituents is 1. The highest BCUT2D eigenvalue weighted by Crippen LogP contribution is 2.25. The molecule has 0 unspecified atom stereocenters. The summed E-state index contributed by atoms with van der Waals surface area (Å²) < 4.78 is 10.8. The molecule has 1 atom stereocenters. The predicted octanol–water partition coefficient (Wildman–Crippen LogP) is 3.44. The van der Waals surface area contributed by atoms with Gasteiger partial charge in [-0.15, -0.1) is 0 Å². The number of non-ortho nitro benzene ring substituents is 1. The van der Waals surface area contributed by atoms with E-state index in [-0.39, 0.29) is 11.3 Å². The van der Waals surface area contributed by atoms with Crippen molar-refractivity contribution >= 4 is 34.2 Å². The van der Waals surface area contributed by atoms with Crippen LogP contribution in [0.4, 0.5) is 11.4 Å². The molecule has 3 aromatic rings. The lowest BCUT2D eigenvalue weighted by Gasteiger charge is -2.16. The zero-order valence-electron chi connectivity index (χ0n) is 16.7. The van der Waals surface area contributed by atoms with Crippen LogP contribution in [0.15, 0.2) is 52.9 Å². The van der Waals surface area contributed by atoms with Crippen LogP contribution < -0.4 is 10.2 Å². The van der Waals surface area contributed by atoms with Crippen LogP contribution in [0.25, 0.3) is 11.0 Å². The van der Waals surface area contributed by atoms with Crippen LogP contribution in [0.5, 0.6) is 0 Å². The smallest absolute Gasteiger partial charge is 0.341 e. The average molecular weight is 411 g/mol. The van der Waals surface area contributed by atoms with E-state index in [1.54, 1.807) is 25.9 Å². The lowest BCUT2D eigenvalue weighted by molar-refractivity contribution is -0.384. The molecule has 0 saturated heterocycles. The normalized spacial score (nSPS) is 11.7. The molecule has 0 aliphatic heterocycles. The van der Waals surface area contributed by atoms with Gasteiger partial charge < -0.3 is 19.4 Å². The molecule has 1 aromatic heterocycles. The number of ether oxygens (including phenoxy) is 1. The van der Waals surface area contributed by atoms with Crippen molar-refractivity contribution in [2.45, 2.75) is 13.0 Å². The second kappa shape index (κ2) is 8.64. The first-order valence-electron chi connectivity index (χ1n) is 9.17. The number of anilines is 1. The Morgan fingerprint density at radius 3 is 2.60 bits per heavy atom. The van der Waals surface area contributed by atoms with E-state index >= 15 is 0 Å². The third-order valence-corrected chi connectivity index (χ3v) is 4.48. The lowest BCUT2D eigenvalue weighted by atomic mass is 10.1.